The molecule has 0 spiro atoms. The van der Waals surface area contributed by atoms with Gasteiger partial charge in [-0.25, -0.2) is 0 Å². The van der Waals surface area contributed by atoms with Gasteiger partial charge in [-0.3, -0.25) is 9.59 Å². The third kappa shape index (κ3) is 4.46. The van der Waals surface area contributed by atoms with E-state index in [9.17, 15) is 9.59 Å². The molecule has 1 heterocycles. The number of hydrogen-bond acceptors (Lipinski definition) is 6. The molecule has 3 aromatic rings. The summed E-state index contributed by atoms with van der Waals surface area (Å²) in [5, 5.41) is 16.4. The van der Waals surface area contributed by atoms with Crippen LogP contribution < -0.4 is 10.1 Å². The van der Waals surface area contributed by atoms with Gasteiger partial charge in [0, 0.05) is 23.9 Å². The number of hydrogen-bond donors (Lipinski definition) is 2. The molecule has 0 aliphatic rings. The Bertz CT molecular complexity index is 907. The molecule has 27 heavy (non-hydrogen) atoms. The lowest BCUT2D eigenvalue weighted by molar-refractivity contribution is -0.116. The van der Waals surface area contributed by atoms with Crippen LogP contribution in [-0.4, -0.2) is 58.0 Å². The first-order chi connectivity index (χ1) is 13.1. The Labute approximate surface area is 155 Å². The van der Waals surface area contributed by atoms with E-state index in [2.05, 4.69) is 25.9 Å². The lowest BCUT2D eigenvalue weighted by Gasteiger charge is -2.17. The minimum Gasteiger partial charge on any atom is -0.497 e. The Kier molecular flexibility index (Phi) is 5.41. The fraction of sp³-hybridized carbons (Fsp3) is 0.167. The lowest BCUT2D eigenvalue weighted by atomic mass is 10.1. The molecule has 9 nitrogen and oxygen atoms in total. The number of nitrogens with zero attached hydrogens (tertiary/aromatic N) is 4. The van der Waals surface area contributed by atoms with Gasteiger partial charge in [-0.15, -0.1) is 10.2 Å². The largest absolute Gasteiger partial charge is 0.497 e. The third-order valence-corrected chi connectivity index (χ3v) is 3.84. The standard InChI is InChI=1S/C18H18N6O3/c1-24(11-16(25)19-14-7-9-15(27-2)10-8-14)18(26)13-5-3-12(4-6-13)17-20-22-23-21-17/h3-10H,11H2,1-2H3,(H,19,25)(H,20,21,22,23). The molecule has 2 amide bonds. The Balaban J connectivity index is 1.58. The minimum atomic E-state index is -0.292. The first-order valence-corrected chi connectivity index (χ1v) is 8.10. The predicted octanol–water partition coefficient (Wildman–Crippen LogP) is 1.59. The molecule has 0 aliphatic heterocycles. The van der Waals surface area contributed by atoms with Gasteiger partial charge in [-0.1, -0.05) is 12.1 Å². The molecule has 0 saturated carbocycles. The molecule has 0 unspecified atom stereocenters. The SMILES string of the molecule is COc1ccc(NC(=O)CN(C)C(=O)c2ccc(-c3nn[nH]n3)cc2)cc1. The monoisotopic (exact) mass is 366 g/mol. The number of likely N-dealkylation sites (N-methyl/N-ethyl adjacent to an activating group) is 1. The van der Waals surface area contributed by atoms with Crippen molar-refractivity contribution in [2.45, 2.75) is 0 Å². The van der Waals surface area contributed by atoms with E-state index in [0.717, 1.165) is 5.56 Å². The molecule has 0 aliphatic carbocycles. The van der Waals surface area contributed by atoms with E-state index in [0.29, 0.717) is 22.8 Å². The van der Waals surface area contributed by atoms with Gasteiger partial charge in [0.2, 0.25) is 11.7 Å². The maximum atomic E-state index is 12.5. The summed E-state index contributed by atoms with van der Waals surface area (Å²) in [5.41, 5.74) is 1.83. The smallest absolute Gasteiger partial charge is 0.254 e. The zero-order valence-corrected chi connectivity index (χ0v) is 14.8. The molecule has 1 aromatic heterocycles. The second-order valence-corrected chi connectivity index (χ2v) is 5.75. The van der Waals surface area contributed by atoms with Crippen molar-refractivity contribution in [1.29, 1.82) is 0 Å². The summed E-state index contributed by atoms with van der Waals surface area (Å²) in [4.78, 5) is 26.0. The Morgan fingerprint density at radius 1 is 1.11 bits per heavy atom. The molecule has 9 heteroatoms. The molecule has 0 saturated heterocycles. The van der Waals surface area contributed by atoms with Crippen LogP contribution in [0.4, 0.5) is 5.69 Å². The van der Waals surface area contributed by atoms with E-state index < -0.39 is 0 Å². The van der Waals surface area contributed by atoms with Gasteiger partial charge in [0.25, 0.3) is 5.91 Å². The van der Waals surface area contributed by atoms with Gasteiger partial charge in [-0.2, -0.15) is 5.21 Å². The van der Waals surface area contributed by atoms with Crippen molar-refractivity contribution < 1.29 is 14.3 Å². The van der Waals surface area contributed by atoms with E-state index in [1.54, 1.807) is 62.7 Å². The topological polar surface area (TPSA) is 113 Å². The number of H-pyrrole nitrogens is 1. The Hall–Kier alpha value is -3.75. The van der Waals surface area contributed by atoms with Gasteiger partial charge in [0.1, 0.15) is 5.75 Å². The van der Waals surface area contributed by atoms with E-state index in [-0.39, 0.29) is 18.4 Å². The van der Waals surface area contributed by atoms with Crippen LogP contribution in [0.5, 0.6) is 5.75 Å². The lowest BCUT2D eigenvalue weighted by Crippen LogP contribution is -2.34. The highest BCUT2D eigenvalue weighted by Crippen LogP contribution is 2.16. The number of benzene rings is 2. The van der Waals surface area contributed by atoms with E-state index in [4.69, 9.17) is 4.74 Å². The van der Waals surface area contributed by atoms with Crippen LogP contribution in [0.15, 0.2) is 48.5 Å². The van der Waals surface area contributed by atoms with Crippen molar-refractivity contribution >= 4 is 17.5 Å². The third-order valence-electron chi connectivity index (χ3n) is 3.84. The normalized spacial score (nSPS) is 10.3. The number of carbonyl (C=O) groups is 2. The summed E-state index contributed by atoms with van der Waals surface area (Å²) >= 11 is 0. The van der Waals surface area contributed by atoms with Crippen molar-refractivity contribution in [3.8, 4) is 17.1 Å². The molecule has 0 atom stereocenters. The average molecular weight is 366 g/mol. The minimum absolute atomic E-state index is 0.0720. The van der Waals surface area contributed by atoms with Crippen LogP contribution >= 0.6 is 0 Å². The summed E-state index contributed by atoms with van der Waals surface area (Å²) in [6.07, 6.45) is 0. The van der Waals surface area contributed by atoms with Gasteiger partial charge < -0.3 is 15.0 Å². The molecule has 0 fully saturated rings. The maximum absolute atomic E-state index is 12.5. The highest BCUT2D eigenvalue weighted by molar-refractivity contribution is 5.99. The molecule has 138 valence electrons. The van der Waals surface area contributed by atoms with Crippen LogP contribution in [0, 0.1) is 0 Å². The fourth-order valence-electron chi connectivity index (χ4n) is 2.43. The zero-order valence-electron chi connectivity index (χ0n) is 14.8. The number of nitrogens with one attached hydrogen (secondary N) is 2. The second kappa shape index (κ2) is 8.09. The Morgan fingerprint density at radius 3 is 2.41 bits per heavy atom. The number of amides is 2. The number of anilines is 1. The maximum Gasteiger partial charge on any atom is 0.254 e. The van der Waals surface area contributed by atoms with E-state index in [1.807, 2.05) is 0 Å². The van der Waals surface area contributed by atoms with Crippen molar-refractivity contribution in [2.24, 2.45) is 0 Å². The second-order valence-electron chi connectivity index (χ2n) is 5.75. The molecular weight excluding hydrogens is 348 g/mol. The van der Waals surface area contributed by atoms with Gasteiger partial charge in [0.05, 0.1) is 13.7 Å². The number of aromatic nitrogens is 4. The fourth-order valence-corrected chi connectivity index (χ4v) is 2.43. The summed E-state index contributed by atoms with van der Waals surface area (Å²) < 4.78 is 5.07. The molecule has 0 bridgehead atoms. The molecule has 2 aromatic carbocycles. The van der Waals surface area contributed by atoms with Crippen molar-refractivity contribution in [3.63, 3.8) is 0 Å². The summed E-state index contributed by atoms with van der Waals surface area (Å²) in [7, 11) is 3.14. The zero-order chi connectivity index (χ0) is 19.2. The highest BCUT2D eigenvalue weighted by Gasteiger charge is 2.15. The van der Waals surface area contributed by atoms with E-state index >= 15 is 0 Å². The van der Waals surface area contributed by atoms with Crippen molar-refractivity contribution in [1.82, 2.24) is 25.5 Å². The number of carbonyl (C=O) groups excluding carboxylic acids is 2. The number of ether oxygens (including phenoxy) is 1. The number of rotatable bonds is 6. The quantitative estimate of drug-likeness (QED) is 0.685. The van der Waals surface area contributed by atoms with Crippen molar-refractivity contribution in [3.05, 3.63) is 54.1 Å². The summed E-state index contributed by atoms with van der Waals surface area (Å²) in [5.74, 6) is 0.588. The van der Waals surface area contributed by atoms with Gasteiger partial charge in [0.15, 0.2) is 0 Å². The average Bonchev–Trinajstić information content (AvgIpc) is 3.23. The molecule has 2 N–H and O–H groups in total. The van der Waals surface area contributed by atoms with Crippen LogP contribution in [0.3, 0.4) is 0 Å². The van der Waals surface area contributed by atoms with Crippen LogP contribution in [0.2, 0.25) is 0 Å². The highest BCUT2D eigenvalue weighted by atomic mass is 16.5. The predicted molar refractivity (Wildman–Crippen MR) is 98.2 cm³/mol. The molecule has 3 rings (SSSR count). The summed E-state index contributed by atoms with van der Waals surface area (Å²) in [6.45, 7) is -0.0720. The van der Waals surface area contributed by atoms with Crippen molar-refractivity contribution in [2.75, 3.05) is 26.0 Å². The number of aromatic amines is 1. The first-order valence-electron chi connectivity index (χ1n) is 8.10. The number of methoxy groups -OCH3 is 1. The molecular formula is C18H18N6O3. The van der Waals surface area contributed by atoms with Crippen LogP contribution in [-0.2, 0) is 4.79 Å². The molecule has 0 radical (unpaired) electrons. The number of tetrazole rings is 1. The first kappa shape index (κ1) is 18.1. The van der Waals surface area contributed by atoms with E-state index in [1.165, 1.54) is 4.90 Å². The van der Waals surface area contributed by atoms with Gasteiger partial charge in [-0.05, 0) is 41.6 Å². The summed E-state index contributed by atoms with van der Waals surface area (Å²) in [6, 6.07) is 13.7. The Morgan fingerprint density at radius 2 is 1.81 bits per heavy atom. The van der Waals surface area contributed by atoms with Crippen LogP contribution in [0.25, 0.3) is 11.4 Å². The van der Waals surface area contributed by atoms with Crippen LogP contribution in [0.1, 0.15) is 10.4 Å². The van der Waals surface area contributed by atoms with Gasteiger partial charge >= 0.3 is 0 Å².